The average Bonchev–Trinajstić information content (AvgIpc) is 3.44. The van der Waals surface area contributed by atoms with Crippen LogP contribution in [0.25, 0.3) is 28.2 Å². The van der Waals surface area contributed by atoms with Crippen molar-refractivity contribution in [2.75, 3.05) is 7.11 Å². The molecule has 0 saturated carbocycles. The molecule has 0 aliphatic rings. The molecule has 0 bridgehead atoms. The molecule has 31 heavy (non-hydrogen) atoms. The monoisotopic (exact) mass is 417 g/mol. The van der Waals surface area contributed by atoms with Gasteiger partial charge in [0.1, 0.15) is 23.6 Å². The fourth-order valence-corrected chi connectivity index (χ4v) is 3.26. The summed E-state index contributed by atoms with van der Waals surface area (Å²) in [6.07, 6.45) is 3.30. The molecule has 0 saturated heterocycles. The van der Waals surface area contributed by atoms with E-state index in [1.807, 2.05) is 24.3 Å². The van der Waals surface area contributed by atoms with Crippen molar-refractivity contribution in [3.05, 3.63) is 89.1 Å². The van der Waals surface area contributed by atoms with Crippen molar-refractivity contribution in [2.24, 2.45) is 0 Å². The lowest BCUT2D eigenvalue weighted by molar-refractivity contribution is 0.370. The predicted molar refractivity (Wildman–Crippen MR) is 110 cm³/mol. The molecule has 8 nitrogen and oxygen atoms in total. The van der Waals surface area contributed by atoms with E-state index in [4.69, 9.17) is 9.26 Å². The number of rotatable bonds is 5. The van der Waals surface area contributed by atoms with Crippen LogP contribution in [-0.4, -0.2) is 31.4 Å². The van der Waals surface area contributed by atoms with Crippen molar-refractivity contribution >= 4 is 5.52 Å². The second kappa shape index (κ2) is 7.52. The van der Waals surface area contributed by atoms with Gasteiger partial charge in [0.2, 0.25) is 11.7 Å². The van der Waals surface area contributed by atoms with Crippen LogP contribution in [0.2, 0.25) is 0 Å². The number of nitrogens with zero attached hydrogens (tertiary/aromatic N) is 5. The molecule has 154 valence electrons. The number of methoxy groups -OCH3 is 1. The summed E-state index contributed by atoms with van der Waals surface area (Å²) in [5.41, 5.74) is 2.29. The molecule has 0 radical (unpaired) electrons. The third-order valence-electron chi connectivity index (χ3n) is 4.85. The molecule has 9 heteroatoms. The van der Waals surface area contributed by atoms with Gasteiger partial charge in [-0.1, -0.05) is 17.3 Å². The lowest BCUT2D eigenvalue weighted by atomic mass is 10.1. The van der Waals surface area contributed by atoms with Crippen LogP contribution in [0.5, 0.6) is 5.75 Å². The predicted octanol–water partition coefficient (Wildman–Crippen LogP) is 3.41. The summed E-state index contributed by atoms with van der Waals surface area (Å²) in [6.45, 7) is 0.100. The molecule has 0 amide bonds. The van der Waals surface area contributed by atoms with Crippen molar-refractivity contribution in [1.82, 2.24) is 24.3 Å². The molecule has 0 fully saturated rings. The van der Waals surface area contributed by atoms with E-state index < -0.39 is 0 Å². The molecule has 0 atom stereocenters. The van der Waals surface area contributed by atoms with Gasteiger partial charge in [0.15, 0.2) is 0 Å². The topological polar surface area (TPSA) is 87.5 Å². The lowest BCUT2D eigenvalue weighted by Crippen LogP contribution is -2.21. The van der Waals surface area contributed by atoms with E-state index in [2.05, 4.69) is 15.2 Å². The minimum absolute atomic E-state index is 0.100. The maximum absolute atomic E-state index is 13.1. The van der Waals surface area contributed by atoms with Gasteiger partial charge < -0.3 is 13.8 Å². The number of hydrogen-bond donors (Lipinski definition) is 0. The Hall–Kier alpha value is -4.27. The second-order valence-corrected chi connectivity index (χ2v) is 6.84. The summed E-state index contributed by atoms with van der Waals surface area (Å²) in [7, 11) is 1.60. The molecule has 3 aromatic heterocycles. The van der Waals surface area contributed by atoms with Gasteiger partial charge in [-0.15, -0.1) is 0 Å². The Balaban J connectivity index is 1.45. The van der Waals surface area contributed by atoms with Crippen LogP contribution in [0.1, 0.15) is 5.89 Å². The van der Waals surface area contributed by atoms with E-state index in [9.17, 15) is 9.18 Å². The maximum Gasteiger partial charge on any atom is 0.277 e. The highest BCUT2D eigenvalue weighted by atomic mass is 19.1. The van der Waals surface area contributed by atoms with Gasteiger partial charge in [0.25, 0.3) is 5.56 Å². The van der Waals surface area contributed by atoms with Crippen molar-refractivity contribution in [1.29, 1.82) is 0 Å². The second-order valence-electron chi connectivity index (χ2n) is 6.84. The largest absolute Gasteiger partial charge is 0.497 e. The zero-order chi connectivity index (χ0) is 21.4. The molecular weight excluding hydrogens is 401 g/mol. The molecule has 0 unspecified atom stereocenters. The summed E-state index contributed by atoms with van der Waals surface area (Å²) < 4.78 is 26.6. The van der Waals surface area contributed by atoms with Gasteiger partial charge in [0.05, 0.1) is 12.8 Å². The smallest absolute Gasteiger partial charge is 0.277 e. The first-order valence-corrected chi connectivity index (χ1v) is 9.42. The highest BCUT2D eigenvalue weighted by Gasteiger charge is 2.13. The number of hydrogen-bond acceptors (Lipinski definition) is 6. The highest BCUT2D eigenvalue weighted by molar-refractivity contribution is 5.66. The first-order valence-electron chi connectivity index (χ1n) is 9.42. The third kappa shape index (κ3) is 3.57. The van der Waals surface area contributed by atoms with Crippen molar-refractivity contribution in [3.8, 4) is 28.4 Å². The van der Waals surface area contributed by atoms with Gasteiger partial charge in [-0.25, -0.2) is 8.91 Å². The van der Waals surface area contributed by atoms with Crippen LogP contribution >= 0.6 is 0 Å². The normalized spacial score (nSPS) is 11.2. The van der Waals surface area contributed by atoms with Crippen LogP contribution in [0, 0.1) is 5.82 Å². The first-order chi connectivity index (χ1) is 15.1. The fraction of sp³-hybridized carbons (Fsp3) is 0.0909. The Bertz CT molecular complexity index is 1440. The zero-order valence-electron chi connectivity index (χ0n) is 16.4. The lowest BCUT2D eigenvalue weighted by Gasteiger charge is -2.02. The quantitative estimate of drug-likeness (QED) is 0.436. The van der Waals surface area contributed by atoms with E-state index in [0.717, 1.165) is 5.56 Å². The van der Waals surface area contributed by atoms with Crippen molar-refractivity contribution in [3.63, 3.8) is 0 Å². The Morgan fingerprint density at radius 3 is 2.71 bits per heavy atom. The first kappa shape index (κ1) is 18.7. The van der Waals surface area contributed by atoms with E-state index >= 15 is 0 Å². The number of fused-ring (bicyclic) bond motifs is 1. The molecule has 0 N–H and O–H groups in total. The minimum atomic E-state index is -0.346. The number of ether oxygens (including phenoxy) is 1. The molecule has 0 aliphatic heterocycles. The highest BCUT2D eigenvalue weighted by Crippen LogP contribution is 2.23. The van der Waals surface area contributed by atoms with Crippen LogP contribution in [0.3, 0.4) is 0 Å². The minimum Gasteiger partial charge on any atom is -0.497 e. The van der Waals surface area contributed by atoms with Gasteiger partial charge in [-0.2, -0.15) is 10.1 Å². The molecule has 5 rings (SSSR count). The van der Waals surface area contributed by atoms with Crippen LogP contribution in [0.15, 0.2) is 76.3 Å². The summed E-state index contributed by atoms with van der Waals surface area (Å²) in [6, 6.07) is 15.0. The molecule has 5 aromatic rings. The standard InChI is InChI=1S/C22H16FN5O3/c1-30-17-4-2-3-15(11-17)18-12-19-22(29)27(9-10-28(19)25-18)13-20-24-21(26-31-20)14-5-7-16(23)8-6-14/h2-12H,13H2,1H3. The van der Waals surface area contributed by atoms with Crippen LogP contribution in [-0.2, 0) is 6.54 Å². The Kier molecular flexibility index (Phi) is 4.55. The van der Waals surface area contributed by atoms with Crippen molar-refractivity contribution < 1.29 is 13.7 Å². The summed E-state index contributed by atoms with van der Waals surface area (Å²) in [5, 5.41) is 8.39. The van der Waals surface area contributed by atoms with Gasteiger partial charge >= 0.3 is 0 Å². The Labute approximate surface area is 175 Å². The average molecular weight is 417 g/mol. The molecule has 0 spiro atoms. The van der Waals surface area contributed by atoms with Crippen molar-refractivity contribution in [2.45, 2.75) is 6.54 Å². The Morgan fingerprint density at radius 1 is 1.06 bits per heavy atom. The maximum atomic E-state index is 13.1. The van der Waals surface area contributed by atoms with Gasteiger partial charge in [-0.05, 0) is 42.5 Å². The number of benzene rings is 2. The van der Waals surface area contributed by atoms with Gasteiger partial charge in [0, 0.05) is 23.5 Å². The Morgan fingerprint density at radius 2 is 1.90 bits per heavy atom. The van der Waals surface area contributed by atoms with E-state index in [-0.39, 0.29) is 23.8 Å². The molecule has 0 aliphatic carbocycles. The van der Waals surface area contributed by atoms with Gasteiger partial charge in [-0.3, -0.25) is 4.79 Å². The van der Waals surface area contributed by atoms with E-state index in [1.165, 1.54) is 21.2 Å². The molecular formula is C22H16FN5O3. The summed E-state index contributed by atoms with van der Waals surface area (Å²) in [4.78, 5) is 17.3. The summed E-state index contributed by atoms with van der Waals surface area (Å²) >= 11 is 0. The third-order valence-corrected chi connectivity index (χ3v) is 4.85. The van der Waals surface area contributed by atoms with Crippen LogP contribution < -0.4 is 10.3 Å². The summed E-state index contributed by atoms with van der Waals surface area (Å²) in [5.74, 6) is 0.953. The molecule has 2 aromatic carbocycles. The van der Waals surface area contributed by atoms with Crippen LogP contribution in [0.4, 0.5) is 4.39 Å². The van der Waals surface area contributed by atoms with E-state index in [1.54, 1.807) is 37.7 Å². The number of aromatic nitrogens is 5. The molecule has 3 heterocycles. The fourth-order valence-electron chi connectivity index (χ4n) is 3.26. The number of halogens is 1. The SMILES string of the molecule is COc1cccc(-c2cc3c(=O)n(Cc4nc(-c5ccc(F)cc5)no4)ccn3n2)c1. The van der Waals surface area contributed by atoms with E-state index in [0.29, 0.717) is 28.3 Å². The zero-order valence-corrected chi connectivity index (χ0v) is 16.4.